The van der Waals surface area contributed by atoms with Gasteiger partial charge in [0.2, 0.25) is 0 Å². The van der Waals surface area contributed by atoms with Gasteiger partial charge in [-0.25, -0.2) is 14.6 Å². The summed E-state index contributed by atoms with van der Waals surface area (Å²) < 4.78 is 36.2. The number of ether oxygens (including phenoxy) is 6. The molecule has 2 heterocycles. The first-order valence-corrected chi connectivity index (χ1v) is 18.1. The molecule has 0 aliphatic carbocycles. The summed E-state index contributed by atoms with van der Waals surface area (Å²) in [4.78, 5) is 44.5. The molecular formula is C37H36BrClN2O9S. The van der Waals surface area contributed by atoms with Gasteiger partial charge in [0.25, 0.3) is 5.56 Å². The Morgan fingerprint density at radius 1 is 0.961 bits per heavy atom. The van der Waals surface area contributed by atoms with Crippen molar-refractivity contribution < 1.29 is 38.0 Å². The predicted octanol–water partition coefficient (Wildman–Crippen LogP) is 6.14. The van der Waals surface area contributed by atoms with Crippen molar-refractivity contribution in [3.05, 3.63) is 112 Å². The third kappa shape index (κ3) is 8.66. The molecule has 0 N–H and O–H groups in total. The fourth-order valence-electron chi connectivity index (χ4n) is 5.39. The van der Waals surface area contributed by atoms with Gasteiger partial charge in [0.15, 0.2) is 34.4 Å². The van der Waals surface area contributed by atoms with Crippen LogP contribution in [0.25, 0.3) is 6.08 Å². The second kappa shape index (κ2) is 17.1. The Morgan fingerprint density at radius 3 is 2.43 bits per heavy atom. The van der Waals surface area contributed by atoms with Crippen LogP contribution in [0.2, 0.25) is 5.02 Å². The number of rotatable bonds is 14. The van der Waals surface area contributed by atoms with Crippen molar-refractivity contribution in [2.75, 3.05) is 33.5 Å². The van der Waals surface area contributed by atoms with E-state index in [-0.39, 0.29) is 31.0 Å². The molecule has 0 fully saturated rings. The maximum absolute atomic E-state index is 14.3. The minimum Gasteiger partial charge on any atom is -0.490 e. The highest BCUT2D eigenvalue weighted by Gasteiger charge is 2.34. The molecular weight excluding hydrogens is 764 g/mol. The minimum absolute atomic E-state index is 0.132. The Balaban J connectivity index is 1.60. The standard InChI is InChI=1S/C37H36BrClN2O9S/c1-6-46-28-18-24(12-13-27(28)49-20-31(42)45-5)33-32(36(44)48-8-3)21(4)40-37-41(33)35(43)30(51-37)17-23-15-26(38)34(29(16-23)47-7-2)50-19-22-10-9-11-25(39)14-22/h9-18,33H,6-8,19-20H2,1-5H3/b30-17+/t33-/m1/s1. The first-order chi connectivity index (χ1) is 24.6. The lowest BCUT2D eigenvalue weighted by molar-refractivity contribution is -0.143. The van der Waals surface area contributed by atoms with Gasteiger partial charge in [-0.1, -0.05) is 41.1 Å². The molecule has 0 unspecified atom stereocenters. The number of methoxy groups -OCH3 is 1. The maximum atomic E-state index is 14.3. The van der Waals surface area contributed by atoms with Gasteiger partial charge in [0.05, 0.1) is 53.2 Å². The Morgan fingerprint density at radius 2 is 1.73 bits per heavy atom. The van der Waals surface area contributed by atoms with E-state index in [2.05, 4.69) is 20.9 Å². The average Bonchev–Trinajstić information content (AvgIpc) is 3.40. The summed E-state index contributed by atoms with van der Waals surface area (Å²) in [6.07, 6.45) is 1.74. The van der Waals surface area contributed by atoms with Crippen LogP contribution in [-0.4, -0.2) is 50.0 Å². The molecule has 0 radical (unpaired) electrons. The highest BCUT2D eigenvalue weighted by atomic mass is 79.9. The first-order valence-electron chi connectivity index (χ1n) is 16.1. The Hall–Kier alpha value is -4.59. The molecule has 4 aromatic rings. The third-order valence-corrected chi connectivity index (χ3v) is 9.38. The smallest absolute Gasteiger partial charge is 0.343 e. The van der Waals surface area contributed by atoms with Crippen molar-refractivity contribution in [1.82, 2.24) is 4.57 Å². The lowest BCUT2D eigenvalue weighted by atomic mass is 9.95. The summed E-state index contributed by atoms with van der Waals surface area (Å²) in [6, 6.07) is 15.2. The molecule has 1 aliphatic heterocycles. The summed E-state index contributed by atoms with van der Waals surface area (Å²) in [5.74, 6) is 0.466. The number of hydrogen-bond acceptors (Lipinski definition) is 11. The van der Waals surface area contributed by atoms with Gasteiger partial charge in [-0.15, -0.1) is 0 Å². The van der Waals surface area contributed by atoms with Crippen molar-refractivity contribution >= 4 is 56.9 Å². The maximum Gasteiger partial charge on any atom is 0.343 e. The van der Waals surface area contributed by atoms with Crippen LogP contribution in [0, 0.1) is 0 Å². The van der Waals surface area contributed by atoms with Crippen LogP contribution in [0.4, 0.5) is 0 Å². The zero-order valence-corrected chi connectivity index (χ0v) is 31.8. The number of aromatic nitrogens is 1. The molecule has 0 bridgehead atoms. The van der Waals surface area contributed by atoms with Crippen LogP contribution < -0.4 is 33.8 Å². The molecule has 0 spiro atoms. The molecule has 1 atom stereocenters. The number of carbonyl (C=O) groups is 2. The van der Waals surface area contributed by atoms with Gasteiger partial charge >= 0.3 is 11.9 Å². The summed E-state index contributed by atoms with van der Waals surface area (Å²) in [7, 11) is 1.27. The van der Waals surface area contributed by atoms with Gasteiger partial charge in [0.1, 0.15) is 6.61 Å². The second-order valence-corrected chi connectivity index (χ2v) is 13.3. The molecule has 1 aliphatic rings. The van der Waals surface area contributed by atoms with Crippen molar-refractivity contribution in [2.24, 2.45) is 4.99 Å². The molecule has 11 nitrogen and oxygen atoms in total. The van der Waals surface area contributed by atoms with Crippen LogP contribution in [0.3, 0.4) is 0 Å². The lowest BCUT2D eigenvalue weighted by Crippen LogP contribution is -2.40. The van der Waals surface area contributed by atoms with Gasteiger partial charge in [-0.2, -0.15) is 0 Å². The van der Waals surface area contributed by atoms with E-state index in [0.717, 1.165) is 5.56 Å². The second-order valence-electron chi connectivity index (χ2n) is 11.0. The summed E-state index contributed by atoms with van der Waals surface area (Å²) in [5.41, 5.74) is 2.39. The lowest BCUT2D eigenvalue weighted by Gasteiger charge is -2.25. The molecule has 1 aromatic heterocycles. The summed E-state index contributed by atoms with van der Waals surface area (Å²) in [5, 5.41) is 0.611. The van der Waals surface area contributed by atoms with E-state index in [1.54, 1.807) is 57.2 Å². The van der Waals surface area contributed by atoms with Crippen molar-refractivity contribution in [1.29, 1.82) is 0 Å². The quantitative estimate of drug-likeness (QED) is 0.138. The molecule has 0 amide bonds. The van der Waals surface area contributed by atoms with Gasteiger partial charge in [-0.3, -0.25) is 9.36 Å². The number of carbonyl (C=O) groups excluding carboxylic acids is 2. The normalized spacial score (nSPS) is 14.0. The van der Waals surface area contributed by atoms with E-state index in [4.69, 9.17) is 40.0 Å². The monoisotopic (exact) mass is 798 g/mol. The number of halogens is 2. The molecule has 0 saturated heterocycles. The van der Waals surface area contributed by atoms with Crippen LogP contribution in [0.5, 0.6) is 23.0 Å². The number of esters is 2. The fourth-order valence-corrected chi connectivity index (χ4v) is 7.23. The first kappa shape index (κ1) is 37.7. The Labute approximate surface area is 311 Å². The van der Waals surface area contributed by atoms with E-state index in [1.165, 1.54) is 23.0 Å². The molecule has 268 valence electrons. The van der Waals surface area contributed by atoms with E-state index in [9.17, 15) is 14.4 Å². The average molecular weight is 800 g/mol. The Bertz CT molecular complexity index is 2160. The highest BCUT2D eigenvalue weighted by Crippen LogP contribution is 2.39. The number of nitrogens with zero attached hydrogens (tertiary/aromatic N) is 2. The number of thiazole rings is 1. The fraction of sp³-hybridized carbons (Fsp3) is 0.297. The van der Waals surface area contributed by atoms with Crippen LogP contribution >= 0.6 is 38.9 Å². The summed E-state index contributed by atoms with van der Waals surface area (Å²) in [6.45, 7) is 7.85. The topological polar surface area (TPSA) is 124 Å². The largest absolute Gasteiger partial charge is 0.490 e. The van der Waals surface area contributed by atoms with E-state index in [0.29, 0.717) is 71.9 Å². The predicted molar refractivity (Wildman–Crippen MR) is 197 cm³/mol. The number of hydrogen-bond donors (Lipinski definition) is 0. The molecule has 14 heteroatoms. The number of fused-ring (bicyclic) bond motifs is 1. The minimum atomic E-state index is -0.899. The number of benzene rings is 3. The van der Waals surface area contributed by atoms with Crippen molar-refractivity contribution in [3.63, 3.8) is 0 Å². The molecule has 51 heavy (non-hydrogen) atoms. The van der Waals surface area contributed by atoms with Crippen LogP contribution in [0.1, 0.15) is 50.4 Å². The molecule has 5 rings (SSSR count). The zero-order chi connectivity index (χ0) is 36.7. The molecule has 3 aromatic carbocycles. The van der Waals surface area contributed by atoms with Gasteiger partial charge in [-0.05, 0) is 103 Å². The SMILES string of the molecule is CCOC(=O)C1=C(C)N=c2s/c(=C/c3cc(Br)c(OCc4cccc(Cl)c4)c(OCC)c3)c(=O)n2[C@@H]1c1ccc(OCC(=O)OC)c(OCC)c1. The van der Waals surface area contributed by atoms with Crippen LogP contribution in [0.15, 0.2) is 80.1 Å². The highest BCUT2D eigenvalue weighted by molar-refractivity contribution is 9.10. The third-order valence-electron chi connectivity index (χ3n) is 7.58. The van der Waals surface area contributed by atoms with Gasteiger partial charge in [0, 0.05) is 5.02 Å². The number of allylic oxidation sites excluding steroid dienone is 1. The van der Waals surface area contributed by atoms with Crippen molar-refractivity contribution in [3.8, 4) is 23.0 Å². The van der Waals surface area contributed by atoms with Gasteiger partial charge < -0.3 is 28.4 Å². The Kier molecular flexibility index (Phi) is 12.6. The summed E-state index contributed by atoms with van der Waals surface area (Å²) >= 11 is 11.0. The van der Waals surface area contributed by atoms with E-state index < -0.39 is 18.0 Å². The van der Waals surface area contributed by atoms with Crippen molar-refractivity contribution in [2.45, 2.75) is 40.3 Å². The van der Waals surface area contributed by atoms with Crippen LogP contribution in [-0.2, 0) is 25.7 Å². The van der Waals surface area contributed by atoms with E-state index >= 15 is 0 Å². The van der Waals surface area contributed by atoms with E-state index in [1.807, 2.05) is 31.2 Å². The molecule has 0 saturated carbocycles. The zero-order valence-electron chi connectivity index (χ0n) is 28.6.